The highest BCUT2D eigenvalue weighted by Gasteiger charge is 2.30. The molecule has 1 N–H and O–H groups in total. The van der Waals surface area contributed by atoms with Gasteiger partial charge >= 0.3 is 0 Å². The Balaban J connectivity index is 1.76. The zero-order valence-electron chi connectivity index (χ0n) is 12.7. The van der Waals surface area contributed by atoms with Gasteiger partial charge in [-0.05, 0) is 51.0 Å². The van der Waals surface area contributed by atoms with Crippen LogP contribution in [-0.2, 0) is 9.47 Å². The van der Waals surface area contributed by atoms with Crippen molar-refractivity contribution < 1.29 is 9.47 Å². The molecule has 0 amide bonds. The normalized spacial score (nSPS) is 33.5. The minimum absolute atomic E-state index is 0.429. The Kier molecular flexibility index (Phi) is 6.62. The second kappa shape index (κ2) is 8.23. The maximum absolute atomic E-state index is 6.28. The molecule has 3 nitrogen and oxygen atoms in total. The van der Waals surface area contributed by atoms with Gasteiger partial charge < -0.3 is 14.8 Å². The molecule has 3 atom stereocenters. The van der Waals surface area contributed by atoms with Crippen LogP contribution in [0.3, 0.4) is 0 Å². The van der Waals surface area contributed by atoms with Crippen LogP contribution < -0.4 is 5.32 Å². The molecule has 19 heavy (non-hydrogen) atoms. The fourth-order valence-electron chi connectivity index (χ4n) is 3.57. The van der Waals surface area contributed by atoms with Crippen molar-refractivity contribution in [2.75, 3.05) is 26.9 Å². The van der Waals surface area contributed by atoms with Gasteiger partial charge in [-0.3, -0.25) is 0 Å². The number of nitrogens with one attached hydrogen (secondary N) is 1. The zero-order valence-corrected chi connectivity index (χ0v) is 12.7. The third kappa shape index (κ3) is 4.73. The molecule has 1 saturated heterocycles. The Labute approximate surface area is 118 Å². The molecular formula is C16H31NO2. The fraction of sp³-hybridized carbons (Fsp3) is 1.00. The molecular weight excluding hydrogens is 238 g/mol. The van der Waals surface area contributed by atoms with E-state index in [0.29, 0.717) is 12.1 Å². The first kappa shape index (κ1) is 15.3. The van der Waals surface area contributed by atoms with Crippen LogP contribution in [0.1, 0.15) is 51.9 Å². The van der Waals surface area contributed by atoms with Crippen LogP contribution in [0.2, 0.25) is 0 Å². The molecule has 1 aliphatic heterocycles. The summed E-state index contributed by atoms with van der Waals surface area (Å²) in [6, 6.07) is 0.563. The number of ether oxygens (including phenoxy) is 2. The summed E-state index contributed by atoms with van der Waals surface area (Å²) < 4.78 is 11.7. The zero-order chi connectivity index (χ0) is 13.5. The van der Waals surface area contributed by atoms with Crippen molar-refractivity contribution in [1.29, 1.82) is 0 Å². The Morgan fingerprint density at radius 1 is 1.11 bits per heavy atom. The van der Waals surface area contributed by atoms with Crippen LogP contribution in [0.5, 0.6) is 0 Å². The molecule has 112 valence electrons. The molecule has 3 heteroatoms. The Bertz CT molecular complexity index is 241. The van der Waals surface area contributed by atoms with E-state index in [9.17, 15) is 0 Å². The van der Waals surface area contributed by atoms with E-state index in [1.807, 2.05) is 0 Å². The van der Waals surface area contributed by atoms with Gasteiger partial charge in [0, 0.05) is 19.3 Å². The highest BCUT2D eigenvalue weighted by molar-refractivity contribution is 4.85. The quantitative estimate of drug-likeness (QED) is 0.804. The Morgan fingerprint density at radius 2 is 1.89 bits per heavy atom. The van der Waals surface area contributed by atoms with E-state index in [0.717, 1.165) is 31.7 Å². The van der Waals surface area contributed by atoms with E-state index in [2.05, 4.69) is 19.3 Å². The standard InChI is InChI=1S/C16H31NO2/c1-3-4-13-5-6-15(17-2)16(11-13)19-12-14-7-9-18-10-8-14/h13-17H,3-12H2,1-2H3. The van der Waals surface area contributed by atoms with Gasteiger partial charge in [-0.1, -0.05) is 19.8 Å². The number of hydrogen-bond donors (Lipinski definition) is 1. The van der Waals surface area contributed by atoms with Crippen LogP contribution in [0, 0.1) is 11.8 Å². The van der Waals surface area contributed by atoms with Crippen LogP contribution in [0.4, 0.5) is 0 Å². The summed E-state index contributed by atoms with van der Waals surface area (Å²) >= 11 is 0. The van der Waals surface area contributed by atoms with Gasteiger partial charge in [0.1, 0.15) is 0 Å². The second-order valence-electron chi connectivity index (χ2n) is 6.29. The van der Waals surface area contributed by atoms with Gasteiger partial charge in [0.2, 0.25) is 0 Å². The lowest BCUT2D eigenvalue weighted by molar-refractivity contribution is -0.0446. The smallest absolute Gasteiger partial charge is 0.0730 e. The van der Waals surface area contributed by atoms with Gasteiger partial charge in [-0.2, -0.15) is 0 Å². The van der Waals surface area contributed by atoms with E-state index < -0.39 is 0 Å². The van der Waals surface area contributed by atoms with E-state index in [1.54, 1.807) is 0 Å². The number of hydrogen-bond acceptors (Lipinski definition) is 3. The highest BCUT2D eigenvalue weighted by Crippen LogP contribution is 2.30. The van der Waals surface area contributed by atoms with Crippen molar-refractivity contribution >= 4 is 0 Å². The summed E-state index contributed by atoms with van der Waals surface area (Å²) in [7, 11) is 2.08. The predicted octanol–water partition coefficient (Wildman–Crippen LogP) is 2.99. The number of rotatable bonds is 6. The van der Waals surface area contributed by atoms with Crippen molar-refractivity contribution in [2.45, 2.75) is 64.0 Å². The molecule has 2 aliphatic rings. The summed E-state index contributed by atoms with van der Waals surface area (Å²) in [4.78, 5) is 0. The van der Waals surface area contributed by atoms with Crippen LogP contribution >= 0.6 is 0 Å². The lowest BCUT2D eigenvalue weighted by Crippen LogP contribution is -2.44. The van der Waals surface area contributed by atoms with Crippen molar-refractivity contribution in [3.05, 3.63) is 0 Å². The molecule has 1 aliphatic carbocycles. The summed E-state index contributed by atoms with van der Waals surface area (Å²) in [5, 5.41) is 3.45. The van der Waals surface area contributed by atoms with E-state index >= 15 is 0 Å². The molecule has 2 fully saturated rings. The van der Waals surface area contributed by atoms with E-state index in [1.165, 1.54) is 44.9 Å². The molecule has 1 heterocycles. The monoisotopic (exact) mass is 269 g/mol. The van der Waals surface area contributed by atoms with Crippen molar-refractivity contribution in [2.24, 2.45) is 11.8 Å². The summed E-state index contributed by atoms with van der Waals surface area (Å²) in [6.45, 7) is 5.08. The predicted molar refractivity (Wildman–Crippen MR) is 78.4 cm³/mol. The van der Waals surface area contributed by atoms with Crippen molar-refractivity contribution in [3.8, 4) is 0 Å². The van der Waals surface area contributed by atoms with Crippen molar-refractivity contribution in [1.82, 2.24) is 5.32 Å². The van der Waals surface area contributed by atoms with Gasteiger partial charge in [0.15, 0.2) is 0 Å². The average Bonchev–Trinajstić information content (AvgIpc) is 2.47. The highest BCUT2D eigenvalue weighted by atomic mass is 16.5. The minimum atomic E-state index is 0.429. The molecule has 1 saturated carbocycles. The third-order valence-corrected chi connectivity index (χ3v) is 4.85. The third-order valence-electron chi connectivity index (χ3n) is 4.85. The first-order valence-corrected chi connectivity index (χ1v) is 8.20. The first-order chi connectivity index (χ1) is 9.33. The van der Waals surface area contributed by atoms with E-state index in [4.69, 9.17) is 9.47 Å². The topological polar surface area (TPSA) is 30.5 Å². The molecule has 0 spiro atoms. The molecule has 0 bridgehead atoms. The van der Waals surface area contributed by atoms with Crippen molar-refractivity contribution in [3.63, 3.8) is 0 Å². The molecule has 0 radical (unpaired) electrons. The molecule has 3 unspecified atom stereocenters. The second-order valence-corrected chi connectivity index (χ2v) is 6.29. The maximum atomic E-state index is 6.28. The number of likely N-dealkylation sites (N-methyl/N-ethyl adjacent to an activating group) is 1. The lowest BCUT2D eigenvalue weighted by atomic mass is 9.81. The summed E-state index contributed by atoms with van der Waals surface area (Å²) in [6.07, 6.45) is 9.36. The van der Waals surface area contributed by atoms with Gasteiger partial charge in [0.05, 0.1) is 12.7 Å². The fourth-order valence-corrected chi connectivity index (χ4v) is 3.57. The maximum Gasteiger partial charge on any atom is 0.0730 e. The van der Waals surface area contributed by atoms with Crippen LogP contribution in [0.25, 0.3) is 0 Å². The largest absolute Gasteiger partial charge is 0.381 e. The summed E-state index contributed by atoms with van der Waals surface area (Å²) in [5.41, 5.74) is 0. The SMILES string of the molecule is CCCC1CCC(NC)C(OCC2CCOCC2)C1. The minimum Gasteiger partial charge on any atom is -0.381 e. The summed E-state index contributed by atoms with van der Waals surface area (Å²) in [5.74, 6) is 1.60. The average molecular weight is 269 g/mol. The lowest BCUT2D eigenvalue weighted by Gasteiger charge is -2.37. The molecule has 2 rings (SSSR count). The molecule has 0 aromatic carbocycles. The van der Waals surface area contributed by atoms with Crippen LogP contribution in [-0.4, -0.2) is 39.0 Å². The molecule has 0 aromatic heterocycles. The van der Waals surface area contributed by atoms with E-state index in [-0.39, 0.29) is 0 Å². The van der Waals surface area contributed by atoms with Gasteiger partial charge in [0.25, 0.3) is 0 Å². The Morgan fingerprint density at radius 3 is 2.58 bits per heavy atom. The van der Waals surface area contributed by atoms with Gasteiger partial charge in [-0.15, -0.1) is 0 Å². The first-order valence-electron chi connectivity index (χ1n) is 8.20. The molecule has 0 aromatic rings. The van der Waals surface area contributed by atoms with Crippen LogP contribution in [0.15, 0.2) is 0 Å². The van der Waals surface area contributed by atoms with Gasteiger partial charge in [-0.25, -0.2) is 0 Å². The Hall–Kier alpha value is -0.120.